The van der Waals surface area contributed by atoms with Crippen LogP contribution >= 0.6 is 0 Å². The molecule has 0 radical (unpaired) electrons. The van der Waals surface area contributed by atoms with Crippen LogP contribution in [0.2, 0.25) is 0 Å². The summed E-state index contributed by atoms with van der Waals surface area (Å²) in [5.41, 5.74) is -0.616. The Bertz CT molecular complexity index is 334. The first kappa shape index (κ1) is 11.8. The Labute approximate surface area is 85.6 Å². The van der Waals surface area contributed by atoms with Crippen LogP contribution in [0.5, 0.6) is 5.75 Å². The highest BCUT2D eigenvalue weighted by atomic mass is 19.4. The van der Waals surface area contributed by atoms with Crippen LogP contribution in [0.4, 0.5) is 13.2 Å². The van der Waals surface area contributed by atoms with Gasteiger partial charge in [0.05, 0.1) is 19.3 Å². The van der Waals surface area contributed by atoms with Crippen molar-refractivity contribution in [1.82, 2.24) is 0 Å². The summed E-state index contributed by atoms with van der Waals surface area (Å²) in [5.74, 6) is 0.183. The van der Waals surface area contributed by atoms with E-state index in [1.54, 1.807) is 0 Å². The van der Waals surface area contributed by atoms with Gasteiger partial charge in [-0.2, -0.15) is 13.2 Å². The number of hydrogen-bond donors (Lipinski definition) is 0. The maximum atomic E-state index is 12.6. The number of alkyl halides is 3. The molecule has 0 spiro atoms. The number of halogens is 3. The molecule has 0 amide bonds. The molecule has 0 aliphatic rings. The molecule has 0 aliphatic heterocycles. The molecule has 5 heteroatoms. The van der Waals surface area contributed by atoms with Gasteiger partial charge in [-0.05, 0) is 17.7 Å². The summed E-state index contributed by atoms with van der Waals surface area (Å²) in [6.07, 6.45) is -4.39. The van der Waals surface area contributed by atoms with Crippen LogP contribution in [-0.4, -0.2) is 14.2 Å². The molecule has 1 aromatic rings. The lowest BCUT2D eigenvalue weighted by atomic mass is 10.1. The van der Waals surface area contributed by atoms with Gasteiger partial charge in [0, 0.05) is 7.11 Å². The summed E-state index contributed by atoms with van der Waals surface area (Å²) in [5, 5.41) is 0. The monoisotopic (exact) mass is 220 g/mol. The smallest absolute Gasteiger partial charge is 0.416 e. The van der Waals surface area contributed by atoms with Gasteiger partial charge >= 0.3 is 6.18 Å². The lowest BCUT2D eigenvalue weighted by molar-refractivity contribution is -0.138. The van der Waals surface area contributed by atoms with Gasteiger partial charge < -0.3 is 9.47 Å². The maximum Gasteiger partial charge on any atom is 0.416 e. The van der Waals surface area contributed by atoms with Gasteiger partial charge in [0.15, 0.2) is 0 Å². The molecule has 0 saturated heterocycles. The lowest BCUT2D eigenvalue weighted by Crippen LogP contribution is -2.10. The Morgan fingerprint density at radius 2 is 1.87 bits per heavy atom. The van der Waals surface area contributed by atoms with E-state index in [-0.39, 0.29) is 17.9 Å². The van der Waals surface area contributed by atoms with Gasteiger partial charge in [-0.25, -0.2) is 0 Å². The van der Waals surface area contributed by atoms with E-state index in [0.717, 1.165) is 6.07 Å². The summed E-state index contributed by atoms with van der Waals surface area (Å²) in [7, 11) is 2.68. The fourth-order valence-electron chi connectivity index (χ4n) is 1.23. The van der Waals surface area contributed by atoms with E-state index in [0.29, 0.717) is 0 Å². The van der Waals surface area contributed by atoms with Crippen LogP contribution in [0.1, 0.15) is 11.1 Å². The van der Waals surface area contributed by atoms with Crippen molar-refractivity contribution in [2.75, 3.05) is 14.2 Å². The van der Waals surface area contributed by atoms with Crippen LogP contribution in [0.3, 0.4) is 0 Å². The molecule has 0 bridgehead atoms. The van der Waals surface area contributed by atoms with Crippen LogP contribution < -0.4 is 4.74 Å². The summed E-state index contributed by atoms with van der Waals surface area (Å²) in [6, 6.07) is 3.79. The van der Waals surface area contributed by atoms with E-state index in [9.17, 15) is 13.2 Å². The van der Waals surface area contributed by atoms with Crippen LogP contribution in [0, 0.1) is 0 Å². The zero-order valence-corrected chi connectivity index (χ0v) is 8.39. The summed E-state index contributed by atoms with van der Waals surface area (Å²) in [4.78, 5) is 0. The first-order valence-electron chi connectivity index (χ1n) is 4.22. The molecule has 2 nitrogen and oxygen atoms in total. The largest absolute Gasteiger partial charge is 0.497 e. The predicted molar refractivity (Wildman–Crippen MR) is 48.7 cm³/mol. The van der Waals surface area contributed by atoms with E-state index in [1.165, 1.54) is 26.4 Å². The molecule has 0 aromatic heterocycles. The first-order chi connectivity index (χ1) is 6.99. The van der Waals surface area contributed by atoms with Crippen molar-refractivity contribution >= 4 is 0 Å². The highest BCUT2D eigenvalue weighted by Crippen LogP contribution is 2.34. The topological polar surface area (TPSA) is 18.5 Å². The zero-order valence-electron chi connectivity index (χ0n) is 8.39. The normalized spacial score (nSPS) is 11.5. The van der Waals surface area contributed by atoms with Crippen molar-refractivity contribution in [2.24, 2.45) is 0 Å². The number of benzene rings is 1. The average Bonchev–Trinajstić information content (AvgIpc) is 2.17. The minimum Gasteiger partial charge on any atom is -0.497 e. The van der Waals surface area contributed by atoms with Gasteiger partial charge in [0.2, 0.25) is 0 Å². The first-order valence-corrected chi connectivity index (χ1v) is 4.22. The van der Waals surface area contributed by atoms with Gasteiger partial charge in [0.25, 0.3) is 0 Å². The average molecular weight is 220 g/mol. The summed E-state index contributed by atoms with van der Waals surface area (Å²) in [6.45, 7) is -0.0706. The third-order valence-electron chi connectivity index (χ3n) is 1.92. The van der Waals surface area contributed by atoms with E-state index < -0.39 is 11.7 Å². The molecule has 0 N–H and O–H groups in total. The number of hydrogen-bond acceptors (Lipinski definition) is 2. The maximum absolute atomic E-state index is 12.6. The van der Waals surface area contributed by atoms with Crippen molar-refractivity contribution in [3.05, 3.63) is 29.3 Å². The van der Waals surface area contributed by atoms with Gasteiger partial charge in [-0.3, -0.25) is 0 Å². The van der Waals surface area contributed by atoms with E-state index in [4.69, 9.17) is 9.47 Å². The van der Waals surface area contributed by atoms with Crippen molar-refractivity contribution in [3.63, 3.8) is 0 Å². The van der Waals surface area contributed by atoms with Crippen LogP contribution in [0.15, 0.2) is 18.2 Å². The fraction of sp³-hybridized carbons (Fsp3) is 0.400. The Morgan fingerprint density at radius 1 is 1.20 bits per heavy atom. The van der Waals surface area contributed by atoms with Crippen molar-refractivity contribution in [1.29, 1.82) is 0 Å². The SMILES string of the molecule is COCc1ccc(OC)cc1C(F)(F)F. The Balaban J connectivity index is 3.16. The predicted octanol–water partition coefficient (Wildman–Crippen LogP) is 2.86. The van der Waals surface area contributed by atoms with E-state index in [2.05, 4.69) is 0 Å². The Hall–Kier alpha value is -1.23. The minimum absolute atomic E-state index is 0.0706. The summed E-state index contributed by atoms with van der Waals surface area (Å²) < 4.78 is 47.2. The number of methoxy groups -OCH3 is 2. The van der Waals surface area contributed by atoms with Crippen molar-refractivity contribution in [2.45, 2.75) is 12.8 Å². The van der Waals surface area contributed by atoms with Gasteiger partial charge in [-0.1, -0.05) is 6.07 Å². The molecule has 0 saturated carbocycles. The quantitative estimate of drug-likeness (QED) is 0.779. The van der Waals surface area contributed by atoms with Gasteiger partial charge in [-0.15, -0.1) is 0 Å². The van der Waals surface area contributed by atoms with E-state index >= 15 is 0 Å². The molecule has 0 fully saturated rings. The zero-order chi connectivity index (χ0) is 11.5. The molecule has 15 heavy (non-hydrogen) atoms. The molecule has 1 rings (SSSR count). The Kier molecular flexibility index (Phi) is 3.57. The molecular weight excluding hydrogens is 209 g/mol. The highest BCUT2D eigenvalue weighted by molar-refractivity contribution is 5.37. The molecular formula is C10H11F3O2. The standard InChI is InChI=1S/C10H11F3O2/c1-14-6-7-3-4-8(15-2)5-9(7)10(11,12)13/h3-5H,6H2,1-2H3. The third kappa shape index (κ3) is 2.86. The second-order valence-corrected chi connectivity index (χ2v) is 2.95. The van der Waals surface area contributed by atoms with Crippen LogP contribution in [0.25, 0.3) is 0 Å². The second kappa shape index (κ2) is 4.53. The Morgan fingerprint density at radius 3 is 2.33 bits per heavy atom. The van der Waals surface area contributed by atoms with Crippen molar-refractivity contribution in [3.8, 4) is 5.75 Å². The second-order valence-electron chi connectivity index (χ2n) is 2.95. The van der Waals surface area contributed by atoms with E-state index in [1.807, 2.05) is 0 Å². The number of ether oxygens (including phenoxy) is 2. The molecule has 0 aliphatic carbocycles. The third-order valence-corrected chi connectivity index (χ3v) is 1.92. The molecule has 1 aromatic carbocycles. The fourth-order valence-corrected chi connectivity index (χ4v) is 1.23. The molecule has 0 heterocycles. The summed E-state index contributed by atoms with van der Waals surface area (Å²) >= 11 is 0. The molecule has 0 unspecified atom stereocenters. The number of rotatable bonds is 3. The van der Waals surface area contributed by atoms with Crippen molar-refractivity contribution < 1.29 is 22.6 Å². The minimum atomic E-state index is -4.39. The molecule has 0 atom stereocenters. The highest BCUT2D eigenvalue weighted by Gasteiger charge is 2.33. The lowest BCUT2D eigenvalue weighted by Gasteiger charge is -2.13. The van der Waals surface area contributed by atoms with Crippen LogP contribution in [-0.2, 0) is 17.5 Å². The van der Waals surface area contributed by atoms with Gasteiger partial charge in [0.1, 0.15) is 5.75 Å². The molecule has 84 valence electrons.